The number of rotatable bonds is 8. The molecule has 10 heteroatoms. The highest BCUT2D eigenvalue weighted by Gasteiger charge is 2.31. The summed E-state index contributed by atoms with van der Waals surface area (Å²) < 4.78 is 11.0. The first-order valence-corrected chi connectivity index (χ1v) is 11.0. The molecule has 1 saturated heterocycles. The fourth-order valence-corrected chi connectivity index (χ4v) is 4.34. The predicted molar refractivity (Wildman–Crippen MR) is 118 cm³/mol. The molecule has 0 saturated carbocycles. The minimum Gasteiger partial charge on any atom is -0.496 e. The number of piperidine rings is 1. The van der Waals surface area contributed by atoms with Crippen molar-refractivity contribution in [1.82, 2.24) is 20.2 Å². The van der Waals surface area contributed by atoms with Gasteiger partial charge in [-0.25, -0.2) is 9.97 Å². The Balaban J connectivity index is 1.55. The maximum atomic E-state index is 12.9. The van der Waals surface area contributed by atoms with Gasteiger partial charge in [0.2, 0.25) is 0 Å². The Bertz CT molecular complexity index is 858. The van der Waals surface area contributed by atoms with Gasteiger partial charge in [0, 0.05) is 51.0 Å². The van der Waals surface area contributed by atoms with Gasteiger partial charge in [-0.1, -0.05) is 23.4 Å². The van der Waals surface area contributed by atoms with Gasteiger partial charge in [-0.05, 0) is 18.6 Å². The second-order valence-corrected chi connectivity index (χ2v) is 8.37. The lowest BCUT2D eigenvalue weighted by atomic mass is 10.0. The Labute approximate surface area is 185 Å². The lowest BCUT2D eigenvalue weighted by Crippen LogP contribution is -2.55. The van der Waals surface area contributed by atoms with Crippen molar-refractivity contribution in [2.24, 2.45) is 0 Å². The van der Waals surface area contributed by atoms with Crippen LogP contribution in [0.4, 0.5) is 5.69 Å². The molecule has 1 amide bonds. The molecule has 3 N–H and O–H groups in total. The van der Waals surface area contributed by atoms with Crippen molar-refractivity contribution < 1.29 is 14.3 Å². The van der Waals surface area contributed by atoms with Gasteiger partial charge >= 0.3 is 0 Å². The second kappa shape index (κ2) is 10.8. The number of thioether (sulfide) groups is 1. The summed E-state index contributed by atoms with van der Waals surface area (Å²) in [6, 6.07) is 4.79. The van der Waals surface area contributed by atoms with Gasteiger partial charge in [-0.3, -0.25) is 9.69 Å². The number of amides is 1. The first-order chi connectivity index (χ1) is 14.5. The lowest BCUT2D eigenvalue weighted by molar-refractivity contribution is 0.00833. The van der Waals surface area contributed by atoms with E-state index in [1.54, 1.807) is 43.4 Å². The minimum atomic E-state index is -0.258. The van der Waals surface area contributed by atoms with E-state index in [9.17, 15) is 4.79 Å². The van der Waals surface area contributed by atoms with E-state index in [0.717, 1.165) is 37.0 Å². The van der Waals surface area contributed by atoms with Gasteiger partial charge in [-0.15, -0.1) is 0 Å². The molecule has 2 heterocycles. The van der Waals surface area contributed by atoms with Crippen LogP contribution in [0.2, 0.25) is 5.02 Å². The molecule has 1 aromatic heterocycles. The van der Waals surface area contributed by atoms with Crippen LogP contribution in [0.15, 0.2) is 35.7 Å². The number of nitrogens with one attached hydrogen (secondary N) is 1. The Morgan fingerprint density at radius 3 is 2.83 bits per heavy atom. The quantitative estimate of drug-likeness (QED) is 0.358. The number of nitrogens with zero attached hydrogens (tertiary/aromatic N) is 3. The van der Waals surface area contributed by atoms with Crippen LogP contribution < -0.4 is 15.8 Å². The standard InChI is InChI=1S/C20H26ClN5O3S/c1-28-17-11-15(22)14(21)10-13(17)19(27)25-16-4-7-26(12-18(16)29-2)8-9-30-20-23-5-3-6-24-20/h3,5-6,10-11,16,18H,4,7-9,12,22H2,1-2H3,(H,25,27)/t16-,18+/m0/s1. The van der Waals surface area contributed by atoms with Crippen LogP contribution in [0.5, 0.6) is 5.75 Å². The fourth-order valence-electron chi connectivity index (χ4n) is 3.38. The monoisotopic (exact) mass is 451 g/mol. The number of likely N-dealkylation sites (tertiary alicyclic amines) is 1. The molecule has 2 atom stereocenters. The van der Waals surface area contributed by atoms with E-state index >= 15 is 0 Å². The van der Waals surface area contributed by atoms with Crippen LogP contribution in [0, 0.1) is 0 Å². The molecular weight excluding hydrogens is 426 g/mol. The summed E-state index contributed by atoms with van der Waals surface area (Å²) in [4.78, 5) is 23.6. The molecule has 3 rings (SSSR count). The van der Waals surface area contributed by atoms with Crippen LogP contribution >= 0.6 is 23.4 Å². The van der Waals surface area contributed by atoms with E-state index in [1.165, 1.54) is 13.2 Å². The number of carbonyl (C=O) groups excluding carboxylic acids is 1. The van der Waals surface area contributed by atoms with Crippen LogP contribution in [-0.4, -0.2) is 72.5 Å². The molecule has 1 aliphatic heterocycles. The maximum Gasteiger partial charge on any atom is 0.255 e. The van der Waals surface area contributed by atoms with Crippen molar-refractivity contribution in [3.8, 4) is 5.75 Å². The first-order valence-electron chi connectivity index (χ1n) is 9.60. The van der Waals surface area contributed by atoms with E-state index in [1.807, 2.05) is 0 Å². The molecule has 162 valence electrons. The van der Waals surface area contributed by atoms with Gasteiger partial charge in [-0.2, -0.15) is 0 Å². The zero-order valence-corrected chi connectivity index (χ0v) is 18.6. The third-order valence-corrected chi connectivity index (χ3v) is 6.19. The van der Waals surface area contributed by atoms with E-state index < -0.39 is 0 Å². The molecule has 0 unspecified atom stereocenters. The largest absolute Gasteiger partial charge is 0.496 e. The van der Waals surface area contributed by atoms with E-state index in [-0.39, 0.29) is 18.1 Å². The number of nitrogens with two attached hydrogens (primary N) is 1. The first kappa shape index (κ1) is 22.6. The molecule has 1 aromatic carbocycles. The van der Waals surface area contributed by atoms with Crippen molar-refractivity contribution >= 4 is 35.0 Å². The SMILES string of the molecule is COc1cc(N)c(Cl)cc1C(=O)N[C@H]1CCN(CCSc2ncccn2)C[C@H]1OC. The summed E-state index contributed by atoms with van der Waals surface area (Å²) in [5.41, 5.74) is 6.53. The molecule has 0 radical (unpaired) electrons. The average molecular weight is 452 g/mol. The predicted octanol–water partition coefficient (Wildman–Crippen LogP) is 2.33. The number of anilines is 1. The van der Waals surface area contributed by atoms with Crippen molar-refractivity contribution in [3.05, 3.63) is 41.2 Å². The number of halogens is 1. The zero-order valence-electron chi connectivity index (χ0n) is 17.0. The third kappa shape index (κ3) is 5.75. The average Bonchev–Trinajstić information content (AvgIpc) is 2.76. The van der Waals surface area contributed by atoms with Crippen LogP contribution in [0.25, 0.3) is 0 Å². The second-order valence-electron chi connectivity index (χ2n) is 6.90. The van der Waals surface area contributed by atoms with Crippen molar-refractivity contribution in [2.75, 3.05) is 45.3 Å². The van der Waals surface area contributed by atoms with Gasteiger partial charge in [0.15, 0.2) is 5.16 Å². The Kier molecular flexibility index (Phi) is 8.15. The zero-order chi connectivity index (χ0) is 21.5. The highest BCUT2D eigenvalue weighted by molar-refractivity contribution is 7.99. The van der Waals surface area contributed by atoms with Crippen LogP contribution in [-0.2, 0) is 4.74 Å². The Morgan fingerprint density at radius 1 is 1.37 bits per heavy atom. The van der Waals surface area contributed by atoms with Gasteiger partial charge in [0.05, 0.1) is 35.5 Å². The summed E-state index contributed by atoms with van der Waals surface area (Å²) in [5, 5.41) is 4.16. The molecule has 0 spiro atoms. The smallest absolute Gasteiger partial charge is 0.255 e. The summed E-state index contributed by atoms with van der Waals surface area (Å²) in [7, 11) is 3.16. The van der Waals surface area contributed by atoms with Crippen molar-refractivity contribution in [2.45, 2.75) is 23.7 Å². The third-order valence-electron chi connectivity index (χ3n) is 5.01. The highest BCUT2D eigenvalue weighted by atomic mass is 35.5. The number of ether oxygens (including phenoxy) is 2. The normalized spacial score (nSPS) is 19.4. The number of nitrogen functional groups attached to an aromatic ring is 1. The molecule has 0 aliphatic carbocycles. The minimum absolute atomic E-state index is 0.107. The molecular formula is C20H26ClN5O3S. The number of benzene rings is 1. The van der Waals surface area contributed by atoms with Gasteiger partial charge in [0.25, 0.3) is 5.91 Å². The lowest BCUT2D eigenvalue weighted by Gasteiger charge is -2.38. The molecule has 1 aliphatic rings. The summed E-state index contributed by atoms with van der Waals surface area (Å²) in [6.07, 6.45) is 4.15. The molecule has 0 bridgehead atoms. The van der Waals surface area contributed by atoms with Crippen molar-refractivity contribution in [1.29, 1.82) is 0 Å². The number of methoxy groups -OCH3 is 2. The Hall–Kier alpha value is -2.07. The maximum absolute atomic E-state index is 12.9. The summed E-state index contributed by atoms with van der Waals surface area (Å²) in [6.45, 7) is 2.49. The Morgan fingerprint density at radius 2 is 2.13 bits per heavy atom. The topological polar surface area (TPSA) is 103 Å². The molecule has 1 fully saturated rings. The molecule has 30 heavy (non-hydrogen) atoms. The number of aromatic nitrogens is 2. The van der Waals surface area contributed by atoms with Gasteiger partial charge in [0.1, 0.15) is 5.75 Å². The number of hydrogen-bond acceptors (Lipinski definition) is 8. The molecule has 8 nitrogen and oxygen atoms in total. The number of carbonyl (C=O) groups is 1. The van der Waals surface area contributed by atoms with E-state index in [0.29, 0.717) is 22.0 Å². The van der Waals surface area contributed by atoms with Crippen LogP contribution in [0.3, 0.4) is 0 Å². The van der Waals surface area contributed by atoms with E-state index in [2.05, 4.69) is 20.2 Å². The number of hydrogen-bond donors (Lipinski definition) is 2. The van der Waals surface area contributed by atoms with E-state index in [4.69, 9.17) is 26.8 Å². The summed E-state index contributed by atoms with van der Waals surface area (Å²) in [5.74, 6) is 1.02. The fraction of sp³-hybridized carbons (Fsp3) is 0.450. The summed E-state index contributed by atoms with van der Waals surface area (Å²) >= 11 is 7.72. The molecule has 2 aromatic rings. The van der Waals surface area contributed by atoms with Gasteiger partial charge < -0.3 is 20.5 Å². The highest BCUT2D eigenvalue weighted by Crippen LogP contribution is 2.29. The van der Waals surface area contributed by atoms with Crippen molar-refractivity contribution in [3.63, 3.8) is 0 Å². The van der Waals surface area contributed by atoms with Crippen LogP contribution in [0.1, 0.15) is 16.8 Å².